The number of nitrogens with one attached hydrogen (secondary N) is 1. The van der Waals surface area contributed by atoms with E-state index in [1.165, 1.54) is 0 Å². The fourth-order valence-corrected chi connectivity index (χ4v) is 3.77. The van der Waals surface area contributed by atoms with Crippen molar-refractivity contribution in [3.05, 3.63) is 65.6 Å². The Labute approximate surface area is 181 Å². The lowest BCUT2D eigenvalue weighted by molar-refractivity contribution is 0.0665. The Morgan fingerprint density at radius 3 is 2.61 bits per heavy atom. The van der Waals surface area contributed by atoms with E-state index in [-0.39, 0.29) is 11.9 Å². The first-order chi connectivity index (χ1) is 15.0. The topological polar surface area (TPSA) is 79.2 Å². The number of ether oxygens (including phenoxy) is 1. The van der Waals surface area contributed by atoms with Crippen molar-refractivity contribution >= 4 is 17.6 Å². The molecule has 3 amide bonds. The molecule has 1 aliphatic rings. The van der Waals surface area contributed by atoms with Crippen LogP contribution in [0.5, 0.6) is 5.75 Å². The van der Waals surface area contributed by atoms with Gasteiger partial charge < -0.3 is 24.3 Å². The predicted octanol–water partition coefficient (Wildman–Crippen LogP) is 2.36. The maximum Gasteiger partial charge on any atom is 0.317 e. The molecule has 0 radical (unpaired) electrons. The van der Waals surface area contributed by atoms with Crippen molar-refractivity contribution in [1.29, 1.82) is 0 Å². The monoisotopic (exact) mass is 421 g/mol. The number of amides is 3. The van der Waals surface area contributed by atoms with E-state index >= 15 is 0 Å². The van der Waals surface area contributed by atoms with Crippen LogP contribution in [0.1, 0.15) is 21.6 Å². The number of fused-ring (bicyclic) bond motifs is 1. The summed E-state index contributed by atoms with van der Waals surface area (Å²) in [5.41, 5.74) is 3.43. The zero-order chi connectivity index (χ0) is 21.8. The van der Waals surface area contributed by atoms with Crippen molar-refractivity contribution in [2.24, 2.45) is 0 Å². The molecule has 0 aliphatic carbocycles. The van der Waals surface area contributed by atoms with Crippen LogP contribution in [0.25, 0.3) is 5.65 Å². The van der Waals surface area contributed by atoms with Gasteiger partial charge in [-0.3, -0.25) is 4.79 Å². The summed E-state index contributed by atoms with van der Waals surface area (Å²) in [6.45, 7) is 4.50. The Morgan fingerprint density at radius 1 is 1.10 bits per heavy atom. The van der Waals surface area contributed by atoms with Crippen LogP contribution in [0, 0.1) is 6.92 Å². The Morgan fingerprint density at radius 2 is 1.87 bits per heavy atom. The lowest BCUT2D eigenvalue weighted by Gasteiger charge is -2.34. The SMILES string of the molecule is COc1cc(C(=O)N2CCN(C(=O)NCCc3cn4ccccc4n3)CC2)ccc1C. The number of aryl methyl sites for hydroxylation is 1. The normalized spacial score (nSPS) is 14.0. The van der Waals surface area contributed by atoms with Crippen molar-refractivity contribution in [3.63, 3.8) is 0 Å². The van der Waals surface area contributed by atoms with Gasteiger partial charge in [-0.15, -0.1) is 0 Å². The fourth-order valence-electron chi connectivity index (χ4n) is 3.77. The third-order valence-corrected chi connectivity index (χ3v) is 5.58. The molecule has 1 aromatic carbocycles. The molecule has 0 spiro atoms. The molecule has 1 N–H and O–H groups in total. The summed E-state index contributed by atoms with van der Waals surface area (Å²) >= 11 is 0. The summed E-state index contributed by atoms with van der Waals surface area (Å²) in [7, 11) is 1.60. The van der Waals surface area contributed by atoms with Crippen LogP contribution in [-0.4, -0.2) is 71.0 Å². The van der Waals surface area contributed by atoms with Crippen LogP contribution >= 0.6 is 0 Å². The van der Waals surface area contributed by atoms with E-state index in [0.717, 1.165) is 16.9 Å². The molecule has 0 bridgehead atoms. The standard InChI is InChI=1S/C23H27N5O3/c1-17-6-7-18(15-20(17)31-2)22(29)26-11-13-27(14-12-26)23(30)24-9-8-19-16-28-10-4-3-5-21(28)25-19/h3-7,10,15-16H,8-9,11-14H2,1-2H3,(H,24,30). The summed E-state index contributed by atoms with van der Waals surface area (Å²) in [6, 6.07) is 11.2. The van der Waals surface area contributed by atoms with Gasteiger partial charge in [0.2, 0.25) is 0 Å². The molecule has 2 aromatic heterocycles. The highest BCUT2D eigenvalue weighted by atomic mass is 16.5. The number of benzene rings is 1. The number of rotatable bonds is 5. The summed E-state index contributed by atoms with van der Waals surface area (Å²) in [5, 5.41) is 2.96. The van der Waals surface area contributed by atoms with Gasteiger partial charge in [-0.1, -0.05) is 12.1 Å². The van der Waals surface area contributed by atoms with Crippen LogP contribution in [0.15, 0.2) is 48.8 Å². The number of carbonyl (C=O) groups excluding carboxylic acids is 2. The quantitative estimate of drug-likeness (QED) is 0.686. The smallest absolute Gasteiger partial charge is 0.317 e. The molecule has 3 aromatic rings. The molecule has 8 nitrogen and oxygen atoms in total. The third kappa shape index (κ3) is 4.63. The van der Waals surface area contributed by atoms with E-state index < -0.39 is 0 Å². The maximum absolute atomic E-state index is 12.8. The van der Waals surface area contributed by atoms with E-state index in [1.807, 2.05) is 54.0 Å². The van der Waals surface area contributed by atoms with Crippen LogP contribution in [0.3, 0.4) is 0 Å². The van der Waals surface area contributed by atoms with Crippen LogP contribution in [0.4, 0.5) is 4.79 Å². The number of imidazole rings is 1. The maximum atomic E-state index is 12.8. The van der Waals surface area contributed by atoms with Crippen molar-refractivity contribution in [3.8, 4) is 5.75 Å². The summed E-state index contributed by atoms with van der Waals surface area (Å²) in [5.74, 6) is 0.666. The molecule has 8 heteroatoms. The molecule has 31 heavy (non-hydrogen) atoms. The highest BCUT2D eigenvalue weighted by molar-refractivity contribution is 5.95. The van der Waals surface area contributed by atoms with Crippen molar-refractivity contribution in [2.75, 3.05) is 39.8 Å². The number of hydrogen-bond donors (Lipinski definition) is 1. The minimum atomic E-state index is -0.104. The number of urea groups is 1. The molecular weight excluding hydrogens is 394 g/mol. The van der Waals surface area contributed by atoms with Crippen molar-refractivity contribution < 1.29 is 14.3 Å². The van der Waals surface area contributed by atoms with Gasteiger partial charge in [0.25, 0.3) is 5.91 Å². The average Bonchev–Trinajstić information content (AvgIpc) is 3.22. The van der Waals surface area contributed by atoms with E-state index in [2.05, 4.69) is 10.3 Å². The number of aromatic nitrogens is 2. The molecule has 0 unspecified atom stereocenters. The lowest BCUT2D eigenvalue weighted by atomic mass is 10.1. The predicted molar refractivity (Wildman–Crippen MR) is 118 cm³/mol. The largest absolute Gasteiger partial charge is 0.496 e. The second-order valence-electron chi connectivity index (χ2n) is 7.64. The van der Waals surface area contributed by atoms with E-state index in [1.54, 1.807) is 23.0 Å². The van der Waals surface area contributed by atoms with Gasteiger partial charge in [0.05, 0.1) is 12.8 Å². The fraction of sp³-hybridized carbons (Fsp3) is 0.348. The molecule has 4 rings (SSSR count). The molecule has 1 aliphatic heterocycles. The van der Waals surface area contributed by atoms with Gasteiger partial charge in [-0.2, -0.15) is 0 Å². The molecule has 1 saturated heterocycles. The second-order valence-corrected chi connectivity index (χ2v) is 7.64. The molecular formula is C23H27N5O3. The first-order valence-electron chi connectivity index (χ1n) is 10.4. The van der Waals surface area contributed by atoms with Gasteiger partial charge in [0.15, 0.2) is 0 Å². The Kier molecular flexibility index (Phi) is 6.06. The summed E-state index contributed by atoms with van der Waals surface area (Å²) < 4.78 is 7.29. The van der Waals surface area contributed by atoms with Crippen LogP contribution in [0.2, 0.25) is 0 Å². The highest BCUT2D eigenvalue weighted by Gasteiger charge is 2.25. The van der Waals surface area contributed by atoms with Crippen molar-refractivity contribution in [2.45, 2.75) is 13.3 Å². The number of hydrogen-bond acceptors (Lipinski definition) is 4. The minimum Gasteiger partial charge on any atom is -0.496 e. The number of carbonyl (C=O) groups is 2. The summed E-state index contributed by atoms with van der Waals surface area (Å²) in [6.07, 6.45) is 4.60. The zero-order valence-corrected chi connectivity index (χ0v) is 17.9. The highest BCUT2D eigenvalue weighted by Crippen LogP contribution is 2.20. The zero-order valence-electron chi connectivity index (χ0n) is 17.9. The Hall–Kier alpha value is -3.55. The van der Waals surface area contributed by atoms with Crippen LogP contribution < -0.4 is 10.1 Å². The van der Waals surface area contributed by atoms with Gasteiger partial charge in [-0.05, 0) is 36.8 Å². The molecule has 3 heterocycles. The van der Waals surface area contributed by atoms with Crippen molar-refractivity contribution in [1.82, 2.24) is 24.5 Å². The summed E-state index contributed by atoms with van der Waals surface area (Å²) in [4.78, 5) is 33.4. The number of methoxy groups -OCH3 is 1. The van der Waals surface area contributed by atoms with E-state index in [9.17, 15) is 9.59 Å². The molecule has 0 saturated carbocycles. The van der Waals surface area contributed by atoms with E-state index in [4.69, 9.17) is 4.74 Å². The number of pyridine rings is 1. The third-order valence-electron chi connectivity index (χ3n) is 5.58. The lowest BCUT2D eigenvalue weighted by Crippen LogP contribution is -2.53. The van der Waals surface area contributed by atoms with E-state index in [0.29, 0.717) is 50.5 Å². The number of piperazine rings is 1. The molecule has 1 fully saturated rings. The second kappa shape index (κ2) is 9.07. The first kappa shape index (κ1) is 20.7. The average molecular weight is 422 g/mol. The first-order valence-corrected chi connectivity index (χ1v) is 10.4. The van der Waals surface area contributed by atoms with Gasteiger partial charge in [0, 0.05) is 57.1 Å². The Balaban J connectivity index is 1.25. The number of nitrogens with zero attached hydrogens (tertiary/aromatic N) is 4. The minimum absolute atomic E-state index is 0.0368. The van der Waals surface area contributed by atoms with Gasteiger partial charge in [0.1, 0.15) is 11.4 Å². The van der Waals surface area contributed by atoms with Gasteiger partial charge in [-0.25, -0.2) is 9.78 Å². The molecule has 0 atom stereocenters. The Bertz CT molecular complexity index is 1050. The van der Waals surface area contributed by atoms with Crippen LogP contribution in [-0.2, 0) is 6.42 Å². The van der Waals surface area contributed by atoms with Gasteiger partial charge >= 0.3 is 6.03 Å². The molecule has 162 valence electrons.